The van der Waals surface area contributed by atoms with Crippen LogP contribution in [0.5, 0.6) is 0 Å². The Morgan fingerprint density at radius 3 is 2.72 bits per heavy atom. The van der Waals surface area contributed by atoms with Gasteiger partial charge in [-0.25, -0.2) is 9.78 Å². The number of hydrogen-bond donors (Lipinski definition) is 1. The molecular formula is C18H22Cl2N2O3. The van der Waals surface area contributed by atoms with Crippen molar-refractivity contribution >= 4 is 40.4 Å². The van der Waals surface area contributed by atoms with E-state index in [0.29, 0.717) is 21.3 Å². The van der Waals surface area contributed by atoms with Gasteiger partial charge in [0, 0.05) is 18.0 Å². The van der Waals surface area contributed by atoms with Crippen LogP contribution in [0, 0.1) is 0 Å². The highest BCUT2D eigenvalue weighted by Crippen LogP contribution is 2.37. The number of carbonyl (C=O) groups excluding carboxylic acids is 1. The molecule has 0 spiro atoms. The summed E-state index contributed by atoms with van der Waals surface area (Å²) in [7, 11) is 0. The largest absolute Gasteiger partial charge is 0.457 e. The molecule has 0 saturated heterocycles. The highest BCUT2D eigenvalue weighted by atomic mass is 35.5. The Morgan fingerprint density at radius 2 is 2.00 bits per heavy atom. The Kier molecular flexibility index (Phi) is 5.16. The van der Waals surface area contributed by atoms with E-state index in [9.17, 15) is 4.79 Å². The van der Waals surface area contributed by atoms with Crippen molar-refractivity contribution in [2.75, 3.05) is 0 Å². The summed E-state index contributed by atoms with van der Waals surface area (Å²) in [6.07, 6.45) is 3.53. The number of fused-ring (bicyclic) bond motifs is 1. The van der Waals surface area contributed by atoms with Crippen LogP contribution in [0.4, 0.5) is 4.79 Å². The van der Waals surface area contributed by atoms with Gasteiger partial charge in [0.2, 0.25) is 0 Å². The smallest absolute Gasteiger partial charge is 0.407 e. The van der Waals surface area contributed by atoms with E-state index in [1.165, 1.54) is 0 Å². The van der Waals surface area contributed by atoms with Gasteiger partial charge in [-0.2, -0.15) is 0 Å². The van der Waals surface area contributed by atoms with Gasteiger partial charge in [-0.3, -0.25) is 0 Å². The Hall–Kier alpha value is -1.46. The lowest BCUT2D eigenvalue weighted by Gasteiger charge is -2.31. The number of halogens is 2. The molecule has 2 heterocycles. The molecule has 0 radical (unpaired) electrons. The third-order valence-corrected chi connectivity index (χ3v) is 4.73. The van der Waals surface area contributed by atoms with Gasteiger partial charge in [-0.05, 0) is 39.7 Å². The van der Waals surface area contributed by atoms with Crippen LogP contribution in [0.2, 0.25) is 10.2 Å². The summed E-state index contributed by atoms with van der Waals surface area (Å²) in [4.78, 5) is 16.4. The maximum Gasteiger partial charge on any atom is 0.407 e. The highest BCUT2D eigenvalue weighted by Gasteiger charge is 2.32. The molecule has 1 aliphatic rings. The second kappa shape index (κ2) is 7.04. The lowest BCUT2D eigenvalue weighted by Crippen LogP contribution is -2.43. The number of ether oxygens (including phenoxy) is 1. The van der Waals surface area contributed by atoms with E-state index in [4.69, 9.17) is 32.4 Å². The van der Waals surface area contributed by atoms with Crippen LogP contribution in [-0.4, -0.2) is 22.7 Å². The number of hydrogen-bond acceptors (Lipinski definition) is 4. The van der Waals surface area contributed by atoms with Crippen molar-refractivity contribution in [3.63, 3.8) is 0 Å². The SMILES string of the molecule is CC(C)(C)OC(=O)N[C@@H]1CCCC[C@@H]1c1cc2nc(Cl)cc(Cl)c2o1. The molecule has 2 aromatic rings. The number of amides is 1. The topological polar surface area (TPSA) is 64.4 Å². The minimum atomic E-state index is -0.526. The van der Waals surface area contributed by atoms with Gasteiger partial charge >= 0.3 is 6.09 Å². The Morgan fingerprint density at radius 1 is 1.28 bits per heavy atom. The molecule has 5 nitrogen and oxygen atoms in total. The molecule has 1 fully saturated rings. The first-order valence-electron chi connectivity index (χ1n) is 8.48. The van der Waals surface area contributed by atoms with E-state index in [1.807, 2.05) is 26.8 Å². The quantitative estimate of drug-likeness (QED) is 0.675. The summed E-state index contributed by atoms with van der Waals surface area (Å²) in [5.41, 5.74) is 0.638. The minimum absolute atomic E-state index is 0.0431. The third kappa shape index (κ3) is 4.39. The standard InChI is InChI=1S/C18H22Cl2N2O3/c1-18(2,3)25-17(23)22-12-7-5-4-6-10(12)14-9-13-16(24-14)11(19)8-15(20)21-13/h8-10,12H,4-7H2,1-3H3,(H,22,23)/t10-,12+/m0/s1. The summed E-state index contributed by atoms with van der Waals surface area (Å²) in [6.45, 7) is 5.55. The Labute approximate surface area is 157 Å². The van der Waals surface area contributed by atoms with Gasteiger partial charge in [0.25, 0.3) is 0 Å². The summed E-state index contributed by atoms with van der Waals surface area (Å²) in [5.74, 6) is 0.831. The van der Waals surface area contributed by atoms with E-state index in [-0.39, 0.29) is 12.0 Å². The fourth-order valence-electron chi connectivity index (χ4n) is 3.26. The number of carbonyl (C=O) groups is 1. The molecular weight excluding hydrogens is 363 g/mol. The third-order valence-electron chi connectivity index (χ3n) is 4.26. The minimum Gasteiger partial charge on any atom is -0.457 e. The van der Waals surface area contributed by atoms with Crippen molar-refractivity contribution in [1.29, 1.82) is 0 Å². The molecule has 1 aliphatic carbocycles. The van der Waals surface area contributed by atoms with Crippen molar-refractivity contribution in [2.45, 2.75) is 64.0 Å². The zero-order chi connectivity index (χ0) is 18.2. The number of rotatable bonds is 2. The lowest BCUT2D eigenvalue weighted by molar-refractivity contribution is 0.0482. The molecule has 1 amide bonds. The predicted molar refractivity (Wildman–Crippen MR) is 98.4 cm³/mol. The molecule has 0 bridgehead atoms. The van der Waals surface area contributed by atoms with Crippen molar-refractivity contribution < 1.29 is 13.9 Å². The zero-order valence-corrected chi connectivity index (χ0v) is 16.1. The first kappa shape index (κ1) is 18.3. The monoisotopic (exact) mass is 384 g/mol. The van der Waals surface area contributed by atoms with Gasteiger partial charge in [0.1, 0.15) is 22.0 Å². The van der Waals surface area contributed by atoms with Crippen LogP contribution in [0.15, 0.2) is 16.5 Å². The maximum atomic E-state index is 12.2. The number of aromatic nitrogens is 1. The van der Waals surface area contributed by atoms with Crippen LogP contribution in [0.1, 0.15) is 58.1 Å². The predicted octanol–water partition coefficient (Wildman–Crippen LogP) is 5.69. The summed E-state index contributed by atoms with van der Waals surface area (Å²) in [5, 5.41) is 3.76. The molecule has 3 rings (SSSR count). The highest BCUT2D eigenvalue weighted by molar-refractivity contribution is 6.37. The molecule has 0 aromatic carbocycles. The summed E-state index contributed by atoms with van der Waals surface area (Å²) < 4.78 is 11.3. The first-order chi connectivity index (χ1) is 11.7. The van der Waals surface area contributed by atoms with Crippen molar-refractivity contribution in [3.05, 3.63) is 28.1 Å². The van der Waals surface area contributed by atoms with Gasteiger partial charge in [-0.1, -0.05) is 36.0 Å². The summed E-state index contributed by atoms with van der Waals surface area (Å²) in [6, 6.07) is 3.39. The van der Waals surface area contributed by atoms with E-state index in [1.54, 1.807) is 6.07 Å². The zero-order valence-electron chi connectivity index (χ0n) is 14.6. The van der Waals surface area contributed by atoms with Crippen LogP contribution in [0.25, 0.3) is 11.1 Å². The van der Waals surface area contributed by atoms with Crippen LogP contribution < -0.4 is 5.32 Å². The molecule has 0 aliphatic heterocycles. The molecule has 0 unspecified atom stereocenters. The van der Waals surface area contributed by atoms with Gasteiger partial charge in [0.15, 0.2) is 5.58 Å². The van der Waals surface area contributed by atoms with Crippen LogP contribution in [0.3, 0.4) is 0 Å². The van der Waals surface area contributed by atoms with Crippen molar-refractivity contribution in [2.24, 2.45) is 0 Å². The average molecular weight is 385 g/mol. The number of furan rings is 1. The van der Waals surface area contributed by atoms with Crippen molar-refractivity contribution in [3.8, 4) is 0 Å². The van der Waals surface area contributed by atoms with E-state index in [0.717, 1.165) is 31.4 Å². The van der Waals surface area contributed by atoms with Crippen LogP contribution in [-0.2, 0) is 4.74 Å². The number of pyridine rings is 1. The summed E-state index contributed by atoms with van der Waals surface area (Å²) >= 11 is 12.2. The number of alkyl carbamates (subject to hydrolysis) is 1. The van der Waals surface area contributed by atoms with E-state index < -0.39 is 11.7 Å². The molecule has 7 heteroatoms. The second-order valence-electron chi connectivity index (χ2n) is 7.43. The number of nitrogens with zero attached hydrogens (tertiary/aromatic N) is 1. The van der Waals surface area contributed by atoms with Gasteiger partial charge in [-0.15, -0.1) is 0 Å². The lowest BCUT2D eigenvalue weighted by atomic mass is 9.83. The van der Waals surface area contributed by atoms with Gasteiger partial charge in [0.05, 0.1) is 5.02 Å². The molecule has 25 heavy (non-hydrogen) atoms. The Balaban J connectivity index is 1.83. The van der Waals surface area contributed by atoms with Crippen LogP contribution >= 0.6 is 23.2 Å². The Bertz CT molecular complexity index is 782. The van der Waals surface area contributed by atoms with E-state index in [2.05, 4.69) is 10.3 Å². The normalized spacial score (nSPS) is 21.3. The molecule has 2 aromatic heterocycles. The first-order valence-corrected chi connectivity index (χ1v) is 9.23. The molecule has 2 atom stereocenters. The number of nitrogens with one attached hydrogen (secondary N) is 1. The fourth-order valence-corrected chi connectivity index (χ4v) is 3.75. The van der Waals surface area contributed by atoms with Crippen molar-refractivity contribution in [1.82, 2.24) is 10.3 Å². The molecule has 136 valence electrons. The maximum absolute atomic E-state index is 12.2. The fraction of sp³-hybridized carbons (Fsp3) is 0.556. The molecule has 1 saturated carbocycles. The van der Waals surface area contributed by atoms with Gasteiger partial charge < -0.3 is 14.5 Å². The second-order valence-corrected chi connectivity index (χ2v) is 8.23. The average Bonchev–Trinajstić information content (AvgIpc) is 2.89. The van der Waals surface area contributed by atoms with E-state index >= 15 is 0 Å². The molecule has 1 N–H and O–H groups in total.